The van der Waals surface area contributed by atoms with E-state index in [2.05, 4.69) is 21.0 Å². The monoisotopic (exact) mass is 514 g/mol. The second-order valence-electron chi connectivity index (χ2n) is 6.21. The van der Waals surface area contributed by atoms with Crippen LogP contribution in [0.2, 0.25) is 10.0 Å². The zero-order chi connectivity index (χ0) is 20.7. The van der Waals surface area contributed by atoms with E-state index in [0.29, 0.717) is 38.5 Å². The Morgan fingerprint density at radius 3 is 2.57 bits per heavy atom. The van der Waals surface area contributed by atoms with Crippen LogP contribution in [0, 0.1) is 0 Å². The first kappa shape index (κ1) is 22.4. The van der Waals surface area contributed by atoms with E-state index in [0.717, 1.165) is 10.0 Å². The molecule has 0 bridgehead atoms. The van der Waals surface area contributed by atoms with E-state index in [4.69, 9.17) is 37.4 Å². The van der Waals surface area contributed by atoms with E-state index in [1.807, 2.05) is 6.07 Å². The molecule has 10 heteroatoms. The van der Waals surface area contributed by atoms with Gasteiger partial charge in [0.2, 0.25) is 0 Å². The maximum atomic E-state index is 12.5. The van der Waals surface area contributed by atoms with Crippen molar-refractivity contribution in [3.63, 3.8) is 0 Å². The Kier molecular flexibility index (Phi) is 6.62. The number of carbonyl (C=O) groups is 1. The number of esters is 1. The number of ether oxygens (including phenoxy) is 3. The SMILES string of the molecule is CCOC(=O)c1nn(-c2cc(Cl)cc(Cl)c2)c2c1COc1cc(OC)c(Br)cc1-2.O. The topological polar surface area (TPSA) is 94.1 Å². The molecule has 0 unspecified atom stereocenters. The predicted octanol–water partition coefficient (Wildman–Crippen LogP) is 4.86. The third kappa shape index (κ3) is 3.88. The van der Waals surface area contributed by atoms with E-state index < -0.39 is 5.97 Å². The molecular formula is C20H17BrCl2N2O5. The molecule has 2 N–H and O–H groups in total. The quantitative estimate of drug-likeness (QED) is 0.462. The van der Waals surface area contributed by atoms with E-state index in [9.17, 15) is 4.79 Å². The number of fused-ring (bicyclic) bond motifs is 3. The molecule has 7 nitrogen and oxygen atoms in total. The van der Waals surface area contributed by atoms with Crippen molar-refractivity contribution >= 4 is 45.1 Å². The first-order valence-corrected chi connectivity index (χ1v) is 10.2. The van der Waals surface area contributed by atoms with Crippen molar-refractivity contribution in [3.8, 4) is 28.4 Å². The Morgan fingerprint density at radius 1 is 1.23 bits per heavy atom. The molecule has 1 aliphatic rings. The predicted molar refractivity (Wildman–Crippen MR) is 117 cm³/mol. The number of halogens is 3. The molecule has 1 aliphatic heterocycles. The van der Waals surface area contributed by atoms with Gasteiger partial charge in [-0.2, -0.15) is 5.10 Å². The van der Waals surface area contributed by atoms with Gasteiger partial charge in [-0.25, -0.2) is 9.48 Å². The molecule has 2 heterocycles. The highest BCUT2D eigenvalue weighted by atomic mass is 79.9. The molecule has 0 saturated carbocycles. The first-order chi connectivity index (χ1) is 13.9. The molecule has 4 rings (SSSR count). The molecule has 3 aromatic rings. The molecule has 0 aliphatic carbocycles. The van der Waals surface area contributed by atoms with Crippen molar-refractivity contribution in [3.05, 3.63) is 56.1 Å². The van der Waals surface area contributed by atoms with E-state index in [-0.39, 0.29) is 24.4 Å². The van der Waals surface area contributed by atoms with Gasteiger partial charge in [0.25, 0.3) is 0 Å². The van der Waals surface area contributed by atoms with Crippen LogP contribution >= 0.6 is 39.1 Å². The highest BCUT2D eigenvalue weighted by Gasteiger charge is 2.31. The summed E-state index contributed by atoms with van der Waals surface area (Å²) in [5, 5.41) is 5.44. The normalized spacial score (nSPS) is 11.6. The maximum absolute atomic E-state index is 12.5. The summed E-state index contributed by atoms with van der Waals surface area (Å²) in [5.41, 5.74) is 2.89. The molecule has 2 aromatic carbocycles. The van der Waals surface area contributed by atoms with Gasteiger partial charge >= 0.3 is 5.97 Å². The minimum Gasteiger partial charge on any atom is -0.495 e. The zero-order valence-electron chi connectivity index (χ0n) is 16.0. The van der Waals surface area contributed by atoms with Gasteiger partial charge in [0.15, 0.2) is 5.69 Å². The standard InChI is InChI=1S/C20H15BrCl2N2O4.H2O/c1-3-28-20(26)18-14-9-29-16-8-17(27-2)15(21)7-13(16)19(14)25(24-18)12-5-10(22)4-11(23)6-12;/h4-8H,3,9H2,1-2H3;1H2. The first-order valence-electron chi connectivity index (χ1n) is 8.69. The van der Waals surface area contributed by atoms with Crippen molar-refractivity contribution < 1.29 is 24.5 Å². The lowest BCUT2D eigenvalue weighted by molar-refractivity contribution is 0.0516. The molecule has 0 fully saturated rings. The van der Waals surface area contributed by atoms with Crippen LogP contribution in [-0.2, 0) is 11.3 Å². The third-order valence-electron chi connectivity index (χ3n) is 4.43. The number of methoxy groups -OCH3 is 1. The molecule has 30 heavy (non-hydrogen) atoms. The Bertz CT molecular complexity index is 1110. The van der Waals surface area contributed by atoms with Gasteiger partial charge in [0.1, 0.15) is 18.1 Å². The number of hydrogen-bond donors (Lipinski definition) is 0. The minimum absolute atomic E-state index is 0. The third-order valence-corrected chi connectivity index (χ3v) is 5.48. The highest BCUT2D eigenvalue weighted by Crippen LogP contribution is 2.45. The smallest absolute Gasteiger partial charge is 0.359 e. The van der Waals surface area contributed by atoms with Crippen LogP contribution < -0.4 is 9.47 Å². The average Bonchev–Trinajstić information content (AvgIpc) is 3.07. The van der Waals surface area contributed by atoms with E-state index in [1.165, 1.54) is 0 Å². The Labute approximate surface area is 190 Å². The number of rotatable bonds is 4. The summed E-state index contributed by atoms with van der Waals surface area (Å²) in [6.45, 7) is 2.15. The Balaban J connectivity index is 0.00000256. The number of aromatic nitrogens is 2. The Hall–Kier alpha value is -2.26. The lowest BCUT2D eigenvalue weighted by Crippen LogP contribution is -2.12. The fourth-order valence-electron chi connectivity index (χ4n) is 3.22. The summed E-state index contributed by atoms with van der Waals surface area (Å²) in [6.07, 6.45) is 0. The fraction of sp³-hybridized carbons (Fsp3) is 0.200. The van der Waals surface area contributed by atoms with Crippen LogP contribution in [0.4, 0.5) is 0 Å². The molecule has 0 spiro atoms. The fourth-order valence-corrected chi connectivity index (χ4v) is 4.24. The number of hydrogen-bond acceptors (Lipinski definition) is 5. The summed E-state index contributed by atoms with van der Waals surface area (Å²) in [4.78, 5) is 12.5. The van der Waals surface area contributed by atoms with Crippen LogP contribution in [0.3, 0.4) is 0 Å². The van der Waals surface area contributed by atoms with Crippen molar-refractivity contribution in [2.75, 3.05) is 13.7 Å². The number of benzene rings is 2. The van der Waals surface area contributed by atoms with Crippen molar-refractivity contribution in [2.24, 2.45) is 0 Å². The average molecular weight is 516 g/mol. The van der Waals surface area contributed by atoms with Gasteiger partial charge in [-0.05, 0) is 47.1 Å². The molecule has 0 atom stereocenters. The molecular weight excluding hydrogens is 499 g/mol. The van der Waals surface area contributed by atoms with Crippen molar-refractivity contribution in [1.29, 1.82) is 0 Å². The summed E-state index contributed by atoms with van der Waals surface area (Å²) in [5.74, 6) is 0.729. The summed E-state index contributed by atoms with van der Waals surface area (Å²) in [7, 11) is 1.58. The van der Waals surface area contributed by atoms with Crippen molar-refractivity contribution in [1.82, 2.24) is 9.78 Å². The minimum atomic E-state index is -0.518. The van der Waals surface area contributed by atoms with Gasteiger partial charge in [0.05, 0.1) is 35.1 Å². The van der Waals surface area contributed by atoms with Crippen LogP contribution in [-0.4, -0.2) is 34.9 Å². The lowest BCUT2D eigenvalue weighted by Gasteiger charge is -2.21. The zero-order valence-corrected chi connectivity index (χ0v) is 19.1. The molecule has 0 amide bonds. The van der Waals surface area contributed by atoms with Gasteiger partial charge in [0, 0.05) is 21.7 Å². The van der Waals surface area contributed by atoms with Crippen molar-refractivity contribution in [2.45, 2.75) is 13.5 Å². The van der Waals surface area contributed by atoms with Crippen LogP contribution in [0.5, 0.6) is 11.5 Å². The Morgan fingerprint density at radius 2 is 1.93 bits per heavy atom. The number of carbonyl (C=O) groups excluding carboxylic acids is 1. The van der Waals surface area contributed by atoms with Gasteiger partial charge in [-0.15, -0.1) is 0 Å². The molecule has 1 aromatic heterocycles. The van der Waals surface area contributed by atoms with E-state index >= 15 is 0 Å². The largest absolute Gasteiger partial charge is 0.495 e. The second kappa shape index (κ2) is 8.85. The van der Waals surface area contributed by atoms with Crippen LogP contribution in [0.25, 0.3) is 16.9 Å². The molecule has 0 radical (unpaired) electrons. The summed E-state index contributed by atoms with van der Waals surface area (Å²) < 4.78 is 18.8. The highest BCUT2D eigenvalue weighted by molar-refractivity contribution is 9.10. The van der Waals surface area contributed by atoms with Gasteiger partial charge < -0.3 is 19.7 Å². The molecule has 0 saturated heterocycles. The van der Waals surface area contributed by atoms with E-state index in [1.54, 1.807) is 43.0 Å². The second-order valence-corrected chi connectivity index (χ2v) is 7.93. The van der Waals surface area contributed by atoms with Crippen LogP contribution in [0.1, 0.15) is 23.0 Å². The van der Waals surface area contributed by atoms with Gasteiger partial charge in [-0.1, -0.05) is 23.2 Å². The van der Waals surface area contributed by atoms with Gasteiger partial charge in [-0.3, -0.25) is 0 Å². The maximum Gasteiger partial charge on any atom is 0.359 e. The molecule has 158 valence electrons. The van der Waals surface area contributed by atoms with Crippen LogP contribution in [0.15, 0.2) is 34.8 Å². The lowest BCUT2D eigenvalue weighted by atomic mass is 10.0. The summed E-state index contributed by atoms with van der Waals surface area (Å²) >= 11 is 15.9. The summed E-state index contributed by atoms with van der Waals surface area (Å²) in [6, 6.07) is 8.74. The number of nitrogens with zero attached hydrogens (tertiary/aromatic N) is 2.